The first kappa shape index (κ1) is 18.3. The van der Waals surface area contributed by atoms with Gasteiger partial charge in [0.05, 0.1) is 6.54 Å². The molecule has 6 heteroatoms. The van der Waals surface area contributed by atoms with Crippen LogP contribution >= 0.6 is 0 Å². The lowest BCUT2D eigenvalue weighted by molar-refractivity contribution is -0.130. The lowest BCUT2D eigenvalue weighted by Crippen LogP contribution is -2.49. The SMILES string of the molecule is CC(C)N(CC1CCCN1C(=O)CN)C(=O)OCc1ccccc1. The topological polar surface area (TPSA) is 75.9 Å². The summed E-state index contributed by atoms with van der Waals surface area (Å²) in [6.45, 7) is 5.36. The molecule has 1 atom stereocenters. The van der Waals surface area contributed by atoms with Crippen molar-refractivity contribution >= 4 is 12.0 Å². The zero-order valence-electron chi connectivity index (χ0n) is 14.5. The van der Waals surface area contributed by atoms with E-state index in [2.05, 4.69) is 0 Å². The van der Waals surface area contributed by atoms with Crippen molar-refractivity contribution in [3.8, 4) is 0 Å². The van der Waals surface area contributed by atoms with Gasteiger partial charge in [-0.15, -0.1) is 0 Å². The van der Waals surface area contributed by atoms with Gasteiger partial charge in [-0.2, -0.15) is 0 Å². The molecular weight excluding hydrogens is 306 g/mol. The second-order valence-corrected chi connectivity index (χ2v) is 6.37. The number of rotatable bonds is 6. The van der Waals surface area contributed by atoms with Crippen molar-refractivity contribution < 1.29 is 14.3 Å². The largest absolute Gasteiger partial charge is 0.445 e. The van der Waals surface area contributed by atoms with E-state index >= 15 is 0 Å². The molecule has 132 valence electrons. The lowest BCUT2D eigenvalue weighted by atomic mass is 10.2. The standard InChI is InChI=1S/C18H27N3O3/c1-14(2)21(12-16-9-6-10-20(16)17(22)11-19)18(23)24-13-15-7-4-3-5-8-15/h3-5,7-8,14,16H,6,9-13,19H2,1-2H3. The Morgan fingerprint density at radius 3 is 2.67 bits per heavy atom. The predicted octanol–water partition coefficient (Wildman–Crippen LogP) is 1.98. The average molecular weight is 333 g/mol. The van der Waals surface area contributed by atoms with Crippen molar-refractivity contribution in [2.45, 2.75) is 45.4 Å². The number of nitrogens with two attached hydrogens (primary N) is 1. The van der Waals surface area contributed by atoms with Crippen molar-refractivity contribution in [1.29, 1.82) is 0 Å². The Kier molecular flexibility index (Phi) is 6.61. The molecule has 0 bridgehead atoms. The summed E-state index contributed by atoms with van der Waals surface area (Å²) in [6, 6.07) is 9.62. The summed E-state index contributed by atoms with van der Waals surface area (Å²) in [5.74, 6) is -0.0566. The predicted molar refractivity (Wildman–Crippen MR) is 92.3 cm³/mol. The van der Waals surface area contributed by atoms with Crippen molar-refractivity contribution in [2.24, 2.45) is 5.73 Å². The van der Waals surface area contributed by atoms with Gasteiger partial charge in [-0.25, -0.2) is 4.79 Å². The number of hydrogen-bond donors (Lipinski definition) is 1. The molecule has 0 aliphatic carbocycles. The Bertz CT molecular complexity index is 548. The fourth-order valence-corrected chi connectivity index (χ4v) is 3.00. The summed E-state index contributed by atoms with van der Waals surface area (Å²) >= 11 is 0. The van der Waals surface area contributed by atoms with Crippen LogP contribution < -0.4 is 5.73 Å². The van der Waals surface area contributed by atoms with Crippen LogP contribution in [0.4, 0.5) is 4.79 Å². The molecule has 2 N–H and O–H groups in total. The van der Waals surface area contributed by atoms with E-state index in [-0.39, 0.29) is 37.2 Å². The molecule has 1 aliphatic heterocycles. The number of ether oxygens (including phenoxy) is 1. The second kappa shape index (κ2) is 8.68. The summed E-state index contributed by atoms with van der Waals surface area (Å²) < 4.78 is 5.44. The molecule has 1 aromatic rings. The third-order valence-electron chi connectivity index (χ3n) is 4.34. The zero-order valence-corrected chi connectivity index (χ0v) is 14.5. The molecule has 6 nitrogen and oxygen atoms in total. The van der Waals surface area contributed by atoms with Gasteiger partial charge in [-0.3, -0.25) is 4.79 Å². The molecule has 1 aliphatic rings. The van der Waals surface area contributed by atoms with Crippen molar-refractivity contribution in [1.82, 2.24) is 9.80 Å². The maximum atomic E-state index is 12.5. The summed E-state index contributed by atoms with van der Waals surface area (Å²) in [6.07, 6.45) is 1.49. The van der Waals surface area contributed by atoms with Crippen LogP contribution in [0.2, 0.25) is 0 Å². The second-order valence-electron chi connectivity index (χ2n) is 6.37. The van der Waals surface area contributed by atoms with Crippen LogP contribution in [-0.4, -0.2) is 53.5 Å². The van der Waals surface area contributed by atoms with Gasteiger partial charge in [0, 0.05) is 25.2 Å². The van der Waals surface area contributed by atoms with Crippen LogP contribution in [0.15, 0.2) is 30.3 Å². The first-order valence-corrected chi connectivity index (χ1v) is 8.49. The number of benzene rings is 1. The first-order valence-electron chi connectivity index (χ1n) is 8.49. The van der Waals surface area contributed by atoms with Crippen LogP contribution in [0, 0.1) is 0 Å². The molecule has 2 amide bonds. The smallest absolute Gasteiger partial charge is 0.410 e. The van der Waals surface area contributed by atoms with Gasteiger partial charge in [0.2, 0.25) is 5.91 Å². The molecule has 0 spiro atoms. The molecular formula is C18H27N3O3. The summed E-state index contributed by atoms with van der Waals surface area (Å²) in [5.41, 5.74) is 6.43. The highest BCUT2D eigenvalue weighted by molar-refractivity contribution is 5.78. The lowest BCUT2D eigenvalue weighted by Gasteiger charge is -2.32. The number of nitrogens with zero attached hydrogens (tertiary/aromatic N) is 2. The van der Waals surface area contributed by atoms with Crippen LogP contribution in [-0.2, 0) is 16.1 Å². The van der Waals surface area contributed by atoms with E-state index in [1.165, 1.54) is 0 Å². The van der Waals surface area contributed by atoms with Gasteiger partial charge in [0.25, 0.3) is 0 Å². The maximum absolute atomic E-state index is 12.5. The molecule has 1 unspecified atom stereocenters. The number of hydrogen-bond acceptors (Lipinski definition) is 4. The molecule has 0 saturated carbocycles. The fourth-order valence-electron chi connectivity index (χ4n) is 3.00. The monoisotopic (exact) mass is 333 g/mol. The molecule has 0 aromatic heterocycles. The van der Waals surface area contributed by atoms with Crippen molar-refractivity contribution in [3.05, 3.63) is 35.9 Å². The summed E-state index contributed by atoms with van der Waals surface area (Å²) in [4.78, 5) is 27.9. The Labute approximate surface area is 143 Å². The maximum Gasteiger partial charge on any atom is 0.410 e. The highest BCUT2D eigenvalue weighted by Crippen LogP contribution is 2.20. The Morgan fingerprint density at radius 1 is 1.33 bits per heavy atom. The highest BCUT2D eigenvalue weighted by atomic mass is 16.6. The van der Waals surface area contributed by atoms with Crippen LogP contribution in [0.1, 0.15) is 32.3 Å². The number of carbonyl (C=O) groups excluding carboxylic acids is 2. The molecule has 0 radical (unpaired) electrons. The Hall–Kier alpha value is -2.08. The Balaban J connectivity index is 1.95. The number of amides is 2. The van der Waals surface area contributed by atoms with Crippen molar-refractivity contribution in [2.75, 3.05) is 19.6 Å². The third kappa shape index (κ3) is 4.71. The minimum Gasteiger partial charge on any atom is -0.445 e. The first-order chi connectivity index (χ1) is 11.5. The number of likely N-dealkylation sites (tertiary alicyclic amines) is 1. The normalized spacial score (nSPS) is 17.2. The van der Waals surface area contributed by atoms with Gasteiger partial charge in [0.1, 0.15) is 6.61 Å². The Morgan fingerprint density at radius 2 is 2.04 bits per heavy atom. The minimum absolute atomic E-state index is 0.00343. The number of carbonyl (C=O) groups is 2. The van der Waals surface area contributed by atoms with E-state index in [1.54, 1.807) is 9.80 Å². The van der Waals surface area contributed by atoms with Crippen molar-refractivity contribution in [3.63, 3.8) is 0 Å². The van der Waals surface area contributed by atoms with E-state index in [4.69, 9.17) is 10.5 Å². The highest BCUT2D eigenvalue weighted by Gasteiger charge is 2.32. The average Bonchev–Trinajstić information content (AvgIpc) is 3.05. The summed E-state index contributed by atoms with van der Waals surface area (Å²) in [5, 5.41) is 0. The van der Waals surface area contributed by atoms with E-state index < -0.39 is 0 Å². The quantitative estimate of drug-likeness (QED) is 0.864. The molecule has 1 saturated heterocycles. The van der Waals surface area contributed by atoms with Gasteiger partial charge in [-0.05, 0) is 32.3 Å². The molecule has 1 fully saturated rings. The van der Waals surface area contributed by atoms with E-state index in [9.17, 15) is 9.59 Å². The van der Waals surface area contributed by atoms with Crippen LogP contribution in [0.5, 0.6) is 0 Å². The minimum atomic E-state index is -0.346. The van der Waals surface area contributed by atoms with Crippen LogP contribution in [0.3, 0.4) is 0 Å². The van der Waals surface area contributed by atoms with E-state index in [0.29, 0.717) is 13.1 Å². The van der Waals surface area contributed by atoms with Gasteiger partial charge >= 0.3 is 6.09 Å². The molecule has 24 heavy (non-hydrogen) atoms. The van der Waals surface area contributed by atoms with E-state index in [0.717, 1.165) is 18.4 Å². The van der Waals surface area contributed by atoms with Gasteiger partial charge in [-0.1, -0.05) is 30.3 Å². The van der Waals surface area contributed by atoms with Gasteiger partial charge in [0.15, 0.2) is 0 Å². The molecule has 1 aromatic carbocycles. The van der Waals surface area contributed by atoms with E-state index in [1.807, 2.05) is 44.2 Å². The third-order valence-corrected chi connectivity index (χ3v) is 4.34. The molecule has 1 heterocycles. The molecule has 2 rings (SSSR count). The summed E-state index contributed by atoms with van der Waals surface area (Å²) in [7, 11) is 0. The zero-order chi connectivity index (χ0) is 17.5. The fraction of sp³-hybridized carbons (Fsp3) is 0.556. The van der Waals surface area contributed by atoms with Gasteiger partial charge < -0.3 is 20.3 Å². The van der Waals surface area contributed by atoms with Crippen LogP contribution in [0.25, 0.3) is 0 Å².